The number of halogens is 2. The van der Waals surface area contributed by atoms with Gasteiger partial charge in [0.2, 0.25) is 0 Å². The van der Waals surface area contributed by atoms with E-state index in [2.05, 4.69) is 32.7 Å². The van der Waals surface area contributed by atoms with E-state index in [0.717, 1.165) is 20.5 Å². The summed E-state index contributed by atoms with van der Waals surface area (Å²) >= 11 is 8.60. The number of rotatable bonds is 2. The first-order valence-corrected chi connectivity index (χ1v) is 9.26. The van der Waals surface area contributed by atoms with Crippen molar-refractivity contribution in [2.75, 3.05) is 26.3 Å². The largest absolute Gasteiger partial charge is 0.378 e. The van der Waals surface area contributed by atoms with Gasteiger partial charge in [0.25, 0.3) is 5.91 Å². The fraction of sp³-hybridized carbons (Fsp3) is 0.235. The summed E-state index contributed by atoms with van der Waals surface area (Å²) in [5, 5.41) is 4.65. The molecule has 1 aliphatic rings. The van der Waals surface area contributed by atoms with E-state index in [1.165, 1.54) is 0 Å². The zero-order chi connectivity index (χ0) is 17.4. The minimum Gasteiger partial charge on any atom is -0.378 e. The van der Waals surface area contributed by atoms with Crippen LogP contribution in [-0.4, -0.2) is 51.7 Å². The molecule has 8 heteroatoms. The number of ether oxygens (including phenoxy) is 1. The number of nitrogens with zero attached hydrogens (tertiary/aromatic N) is 4. The van der Waals surface area contributed by atoms with E-state index >= 15 is 0 Å². The minimum atomic E-state index is -0.0615. The van der Waals surface area contributed by atoms with Crippen LogP contribution in [0.5, 0.6) is 0 Å². The molecule has 1 aliphatic heterocycles. The molecule has 1 fully saturated rings. The molecule has 1 aromatic carbocycles. The normalized spacial score (nSPS) is 14.9. The molecule has 3 aromatic rings. The molecule has 0 spiro atoms. The lowest BCUT2D eigenvalue weighted by Crippen LogP contribution is -2.40. The molecule has 0 saturated carbocycles. The number of aromatic nitrogens is 3. The first-order valence-electron chi connectivity index (χ1n) is 7.80. The van der Waals surface area contributed by atoms with Crippen LogP contribution in [0.25, 0.3) is 16.9 Å². The third-order valence-corrected chi connectivity index (χ3v) is 5.19. The van der Waals surface area contributed by atoms with Crippen molar-refractivity contribution < 1.29 is 9.53 Å². The monoisotopic (exact) mass is 468 g/mol. The van der Waals surface area contributed by atoms with Gasteiger partial charge in [0.15, 0.2) is 5.65 Å². The number of hydrogen-bond donors (Lipinski definition) is 0. The number of morpholine rings is 1. The SMILES string of the molecule is O=C(c1ccc(-c2ccn3ncc(I)c3n2)cc1Cl)N1CCOCC1. The summed E-state index contributed by atoms with van der Waals surface area (Å²) in [4.78, 5) is 19.0. The Morgan fingerprint density at radius 1 is 1.24 bits per heavy atom. The number of carbonyl (C=O) groups excluding carboxylic acids is 1. The molecule has 1 saturated heterocycles. The molecular formula is C17H14ClIN4O2. The van der Waals surface area contributed by atoms with Crippen molar-refractivity contribution in [1.82, 2.24) is 19.5 Å². The highest BCUT2D eigenvalue weighted by molar-refractivity contribution is 14.1. The van der Waals surface area contributed by atoms with Crippen LogP contribution in [0.4, 0.5) is 0 Å². The van der Waals surface area contributed by atoms with Gasteiger partial charge in [-0.15, -0.1) is 0 Å². The summed E-state index contributed by atoms with van der Waals surface area (Å²) in [7, 11) is 0. The smallest absolute Gasteiger partial charge is 0.255 e. The third kappa shape index (κ3) is 3.23. The molecule has 0 unspecified atom stereocenters. The predicted molar refractivity (Wildman–Crippen MR) is 103 cm³/mol. The summed E-state index contributed by atoms with van der Waals surface area (Å²) in [6.07, 6.45) is 3.63. The summed E-state index contributed by atoms with van der Waals surface area (Å²) in [5.41, 5.74) is 2.95. The Morgan fingerprint density at radius 2 is 2.04 bits per heavy atom. The summed E-state index contributed by atoms with van der Waals surface area (Å²) in [5.74, 6) is -0.0615. The number of amides is 1. The maximum atomic E-state index is 12.6. The van der Waals surface area contributed by atoms with E-state index in [4.69, 9.17) is 16.3 Å². The van der Waals surface area contributed by atoms with Gasteiger partial charge >= 0.3 is 0 Å². The average Bonchev–Trinajstić information content (AvgIpc) is 3.02. The Kier molecular flexibility index (Phi) is 4.61. The molecule has 1 amide bonds. The van der Waals surface area contributed by atoms with Gasteiger partial charge in [-0.25, -0.2) is 9.50 Å². The standard InChI is InChI=1S/C17H14ClIN4O2/c18-13-9-11(15-3-4-23-16(21-15)14(19)10-20-23)1-2-12(13)17(24)22-5-7-25-8-6-22/h1-4,9-10H,5-8H2. The van der Waals surface area contributed by atoms with Gasteiger partial charge < -0.3 is 9.64 Å². The van der Waals surface area contributed by atoms with Crippen LogP contribution in [0.15, 0.2) is 36.7 Å². The molecule has 0 aliphatic carbocycles. The highest BCUT2D eigenvalue weighted by Crippen LogP contribution is 2.26. The van der Waals surface area contributed by atoms with Gasteiger partial charge in [0.05, 0.1) is 39.3 Å². The lowest BCUT2D eigenvalue weighted by atomic mass is 10.1. The number of benzene rings is 1. The maximum Gasteiger partial charge on any atom is 0.255 e. The van der Waals surface area contributed by atoms with E-state index in [9.17, 15) is 4.79 Å². The Morgan fingerprint density at radius 3 is 2.80 bits per heavy atom. The summed E-state index contributed by atoms with van der Waals surface area (Å²) in [6.45, 7) is 2.31. The van der Waals surface area contributed by atoms with Crippen molar-refractivity contribution in [3.63, 3.8) is 0 Å². The molecule has 0 bridgehead atoms. The van der Waals surface area contributed by atoms with Crippen LogP contribution in [0.3, 0.4) is 0 Å². The van der Waals surface area contributed by atoms with Crippen LogP contribution in [0.2, 0.25) is 5.02 Å². The van der Waals surface area contributed by atoms with Gasteiger partial charge in [-0.2, -0.15) is 5.10 Å². The zero-order valence-electron chi connectivity index (χ0n) is 13.2. The number of hydrogen-bond acceptors (Lipinski definition) is 4. The highest BCUT2D eigenvalue weighted by atomic mass is 127. The van der Waals surface area contributed by atoms with Crippen LogP contribution < -0.4 is 0 Å². The van der Waals surface area contributed by atoms with Gasteiger partial charge in [-0.3, -0.25) is 4.79 Å². The Bertz CT molecular complexity index is 953. The second kappa shape index (κ2) is 6.89. The van der Waals surface area contributed by atoms with E-state index in [1.807, 2.05) is 18.3 Å². The number of fused-ring (bicyclic) bond motifs is 1. The molecule has 0 atom stereocenters. The lowest BCUT2D eigenvalue weighted by molar-refractivity contribution is 0.0303. The summed E-state index contributed by atoms with van der Waals surface area (Å²) < 4.78 is 7.99. The van der Waals surface area contributed by atoms with Crippen molar-refractivity contribution in [1.29, 1.82) is 0 Å². The second-order valence-corrected chi connectivity index (χ2v) is 7.24. The van der Waals surface area contributed by atoms with E-state index < -0.39 is 0 Å². The van der Waals surface area contributed by atoms with Gasteiger partial charge in [-0.05, 0) is 40.8 Å². The molecule has 3 heterocycles. The van der Waals surface area contributed by atoms with Gasteiger partial charge in [0.1, 0.15) is 0 Å². The van der Waals surface area contributed by atoms with Gasteiger partial charge in [-0.1, -0.05) is 17.7 Å². The molecule has 4 rings (SSSR count). The van der Waals surface area contributed by atoms with Crippen LogP contribution in [0.1, 0.15) is 10.4 Å². The highest BCUT2D eigenvalue weighted by Gasteiger charge is 2.21. The Hall–Kier alpha value is -1.71. The molecule has 25 heavy (non-hydrogen) atoms. The van der Waals surface area contributed by atoms with Crippen molar-refractivity contribution in [3.8, 4) is 11.3 Å². The first kappa shape index (κ1) is 16.7. The molecular weight excluding hydrogens is 455 g/mol. The van der Waals surface area contributed by atoms with Crippen molar-refractivity contribution in [3.05, 3.63) is 50.8 Å². The molecule has 128 valence electrons. The Labute approximate surface area is 162 Å². The third-order valence-electron chi connectivity index (χ3n) is 4.12. The fourth-order valence-electron chi connectivity index (χ4n) is 2.79. The van der Waals surface area contributed by atoms with E-state index in [0.29, 0.717) is 36.9 Å². The predicted octanol–water partition coefficient (Wildman–Crippen LogP) is 3.13. The summed E-state index contributed by atoms with van der Waals surface area (Å²) in [6, 6.07) is 7.31. The van der Waals surface area contributed by atoms with Crippen LogP contribution in [0, 0.1) is 3.57 Å². The van der Waals surface area contributed by atoms with Crippen molar-refractivity contribution in [2.24, 2.45) is 0 Å². The van der Waals surface area contributed by atoms with Crippen LogP contribution in [-0.2, 0) is 4.74 Å². The lowest BCUT2D eigenvalue weighted by Gasteiger charge is -2.27. The molecule has 6 nitrogen and oxygen atoms in total. The number of carbonyl (C=O) groups is 1. The van der Waals surface area contributed by atoms with Crippen molar-refractivity contribution in [2.45, 2.75) is 0 Å². The topological polar surface area (TPSA) is 59.7 Å². The minimum absolute atomic E-state index is 0.0615. The Balaban J connectivity index is 1.66. The zero-order valence-corrected chi connectivity index (χ0v) is 16.1. The maximum absolute atomic E-state index is 12.6. The quantitative estimate of drug-likeness (QED) is 0.542. The van der Waals surface area contributed by atoms with Crippen molar-refractivity contribution >= 4 is 45.7 Å². The first-order chi connectivity index (χ1) is 12.1. The molecule has 0 radical (unpaired) electrons. The second-order valence-electron chi connectivity index (χ2n) is 5.67. The van der Waals surface area contributed by atoms with Crippen LogP contribution >= 0.6 is 34.2 Å². The van der Waals surface area contributed by atoms with E-state index in [-0.39, 0.29) is 5.91 Å². The fourth-order valence-corrected chi connectivity index (χ4v) is 3.54. The molecule has 0 N–H and O–H groups in total. The molecule has 2 aromatic heterocycles. The van der Waals surface area contributed by atoms with Gasteiger partial charge in [0, 0.05) is 24.8 Å². The van der Waals surface area contributed by atoms with E-state index in [1.54, 1.807) is 27.7 Å². The average molecular weight is 469 g/mol.